The molecule has 5 nitrogen and oxygen atoms in total. The Morgan fingerprint density at radius 2 is 1.91 bits per heavy atom. The minimum Gasteiger partial charge on any atom is -0.476 e. The quantitative estimate of drug-likeness (QED) is 0.807. The summed E-state index contributed by atoms with van der Waals surface area (Å²) in [4.78, 5) is 2.60. The van der Waals surface area contributed by atoms with E-state index < -0.39 is 0 Å². The number of hydrogen-bond donors (Lipinski definition) is 0. The minimum absolute atomic E-state index is 0.649. The molecule has 5 heteroatoms. The van der Waals surface area contributed by atoms with Crippen molar-refractivity contribution in [3.63, 3.8) is 0 Å². The fraction of sp³-hybridized carbons (Fsp3) is 0.778. The lowest BCUT2D eigenvalue weighted by Gasteiger charge is -2.33. The van der Waals surface area contributed by atoms with Crippen LogP contribution < -0.4 is 4.74 Å². The monoisotopic (exact) mass is 317 g/mol. The molecule has 1 unspecified atom stereocenters. The first-order valence-corrected chi connectivity index (χ1v) is 9.13. The van der Waals surface area contributed by atoms with Crippen molar-refractivity contribution in [2.75, 3.05) is 39.5 Å². The van der Waals surface area contributed by atoms with E-state index in [9.17, 15) is 0 Å². The van der Waals surface area contributed by atoms with Crippen molar-refractivity contribution in [2.45, 2.75) is 38.0 Å². The summed E-state index contributed by atoms with van der Waals surface area (Å²) in [6.45, 7) is 6.28. The van der Waals surface area contributed by atoms with E-state index in [1.165, 1.54) is 51.7 Å². The van der Waals surface area contributed by atoms with Crippen LogP contribution in [0.1, 0.15) is 43.7 Å². The third-order valence-electron chi connectivity index (χ3n) is 5.37. The van der Waals surface area contributed by atoms with E-state index in [1.54, 1.807) is 0 Å². The SMILES string of the molecule is c1cc(C2CC2)nnc1OCC1CCN(CC2CCOC2)CC1. The van der Waals surface area contributed by atoms with Gasteiger partial charge in [0.25, 0.3) is 0 Å². The number of nitrogens with zero attached hydrogens (tertiary/aromatic N) is 3. The lowest BCUT2D eigenvalue weighted by atomic mass is 9.96. The number of hydrogen-bond acceptors (Lipinski definition) is 5. The van der Waals surface area contributed by atoms with E-state index >= 15 is 0 Å². The Morgan fingerprint density at radius 1 is 1.04 bits per heavy atom. The van der Waals surface area contributed by atoms with Crippen LogP contribution >= 0.6 is 0 Å². The molecule has 1 saturated carbocycles. The van der Waals surface area contributed by atoms with Crippen molar-refractivity contribution < 1.29 is 9.47 Å². The fourth-order valence-corrected chi connectivity index (χ4v) is 3.64. The molecule has 2 aliphatic heterocycles. The van der Waals surface area contributed by atoms with Crippen LogP contribution in [0.2, 0.25) is 0 Å². The maximum Gasteiger partial charge on any atom is 0.233 e. The molecule has 4 rings (SSSR count). The zero-order chi connectivity index (χ0) is 15.5. The molecule has 23 heavy (non-hydrogen) atoms. The third-order valence-corrected chi connectivity index (χ3v) is 5.37. The van der Waals surface area contributed by atoms with Crippen molar-refractivity contribution in [1.82, 2.24) is 15.1 Å². The van der Waals surface area contributed by atoms with Crippen LogP contribution in [0.5, 0.6) is 5.88 Å². The number of aromatic nitrogens is 2. The van der Waals surface area contributed by atoms with Gasteiger partial charge >= 0.3 is 0 Å². The molecule has 0 spiro atoms. The Kier molecular flexibility index (Phi) is 4.76. The zero-order valence-electron chi connectivity index (χ0n) is 13.8. The average molecular weight is 317 g/mol. The Bertz CT molecular complexity index is 489. The maximum absolute atomic E-state index is 5.86. The van der Waals surface area contributed by atoms with Crippen molar-refractivity contribution in [1.29, 1.82) is 0 Å². The molecule has 126 valence electrons. The van der Waals surface area contributed by atoms with Gasteiger partial charge in [-0.1, -0.05) is 0 Å². The minimum atomic E-state index is 0.649. The molecule has 3 heterocycles. The maximum atomic E-state index is 5.86. The van der Waals surface area contributed by atoms with Crippen LogP contribution in [0.15, 0.2) is 12.1 Å². The van der Waals surface area contributed by atoms with Gasteiger partial charge in [0.05, 0.1) is 18.9 Å². The molecule has 3 fully saturated rings. The summed E-state index contributed by atoms with van der Waals surface area (Å²) in [6.07, 6.45) is 6.21. The predicted molar refractivity (Wildman–Crippen MR) is 87.6 cm³/mol. The first kappa shape index (κ1) is 15.3. The van der Waals surface area contributed by atoms with Crippen molar-refractivity contribution in [2.24, 2.45) is 11.8 Å². The normalized spacial score (nSPS) is 26.5. The Balaban J connectivity index is 1.17. The molecule has 3 aliphatic rings. The van der Waals surface area contributed by atoms with Crippen LogP contribution in [0.25, 0.3) is 0 Å². The molecule has 1 aliphatic carbocycles. The molecule has 0 amide bonds. The molecular formula is C18H27N3O2. The Morgan fingerprint density at radius 3 is 2.57 bits per heavy atom. The van der Waals surface area contributed by atoms with Gasteiger partial charge in [-0.2, -0.15) is 5.10 Å². The topological polar surface area (TPSA) is 47.5 Å². The highest BCUT2D eigenvalue weighted by Crippen LogP contribution is 2.38. The highest BCUT2D eigenvalue weighted by molar-refractivity contribution is 5.17. The number of rotatable bonds is 6. The molecule has 0 radical (unpaired) electrons. The molecular weight excluding hydrogens is 290 g/mol. The van der Waals surface area contributed by atoms with Gasteiger partial charge in [-0.15, -0.1) is 5.10 Å². The summed E-state index contributed by atoms with van der Waals surface area (Å²) in [5.41, 5.74) is 1.13. The second kappa shape index (κ2) is 7.14. The van der Waals surface area contributed by atoms with Crippen LogP contribution in [-0.4, -0.2) is 54.6 Å². The molecule has 2 saturated heterocycles. The highest BCUT2D eigenvalue weighted by Gasteiger charge is 2.26. The Hall–Kier alpha value is -1.20. The van der Waals surface area contributed by atoms with E-state index in [0.717, 1.165) is 31.4 Å². The van der Waals surface area contributed by atoms with Crippen LogP contribution in [0.4, 0.5) is 0 Å². The molecule has 1 aromatic rings. The first-order valence-electron chi connectivity index (χ1n) is 9.13. The molecule has 1 aromatic heterocycles. The van der Waals surface area contributed by atoms with Gasteiger partial charge in [0.2, 0.25) is 5.88 Å². The molecule has 0 aromatic carbocycles. The third kappa shape index (κ3) is 4.21. The molecule has 0 N–H and O–H groups in total. The van der Waals surface area contributed by atoms with E-state index in [2.05, 4.69) is 21.2 Å². The fourth-order valence-electron chi connectivity index (χ4n) is 3.64. The van der Waals surface area contributed by atoms with Gasteiger partial charge in [0.1, 0.15) is 0 Å². The van der Waals surface area contributed by atoms with Crippen LogP contribution in [-0.2, 0) is 4.74 Å². The lowest BCUT2D eigenvalue weighted by molar-refractivity contribution is 0.118. The van der Waals surface area contributed by atoms with Crippen molar-refractivity contribution in [3.05, 3.63) is 17.8 Å². The second-order valence-corrected chi connectivity index (χ2v) is 7.36. The van der Waals surface area contributed by atoms with Gasteiger partial charge in [-0.3, -0.25) is 0 Å². The van der Waals surface area contributed by atoms with Gasteiger partial charge in [0.15, 0.2) is 0 Å². The summed E-state index contributed by atoms with van der Waals surface area (Å²) in [5.74, 6) is 2.74. The van der Waals surface area contributed by atoms with Crippen molar-refractivity contribution in [3.8, 4) is 5.88 Å². The average Bonchev–Trinajstić information content (AvgIpc) is 3.32. The zero-order valence-corrected chi connectivity index (χ0v) is 13.8. The van der Waals surface area contributed by atoms with E-state index in [4.69, 9.17) is 9.47 Å². The predicted octanol–water partition coefficient (Wildman–Crippen LogP) is 2.48. The summed E-state index contributed by atoms with van der Waals surface area (Å²) < 4.78 is 11.3. The second-order valence-electron chi connectivity index (χ2n) is 7.36. The molecule has 0 bridgehead atoms. The lowest BCUT2D eigenvalue weighted by Crippen LogP contribution is -2.38. The van der Waals surface area contributed by atoms with Gasteiger partial charge < -0.3 is 14.4 Å². The number of ether oxygens (including phenoxy) is 2. The summed E-state index contributed by atoms with van der Waals surface area (Å²) in [6, 6.07) is 4.06. The van der Waals surface area contributed by atoms with E-state index in [-0.39, 0.29) is 0 Å². The summed E-state index contributed by atoms with van der Waals surface area (Å²) in [5, 5.41) is 8.49. The van der Waals surface area contributed by atoms with Gasteiger partial charge in [-0.25, -0.2) is 0 Å². The van der Waals surface area contributed by atoms with E-state index in [1.807, 2.05) is 6.07 Å². The van der Waals surface area contributed by atoms with E-state index in [0.29, 0.717) is 17.7 Å². The summed E-state index contributed by atoms with van der Waals surface area (Å²) in [7, 11) is 0. The first-order chi connectivity index (χ1) is 11.4. The standard InChI is InChI=1S/C18H27N3O2/c1-2-16(1)17-3-4-18(20-19-17)23-13-14-5-8-21(9-6-14)11-15-7-10-22-12-15/h3-4,14-16H,1-2,5-13H2. The van der Waals surface area contributed by atoms with Gasteiger partial charge in [0, 0.05) is 25.1 Å². The number of likely N-dealkylation sites (tertiary alicyclic amines) is 1. The van der Waals surface area contributed by atoms with Crippen LogP contribution in [0, 0.1) is 11.8 Å². The molecule has 1 atom stereocenters. The van der Waals surface area contributed by atoms with Gasteiger partial charge in [-0.05, 0) is 63.1 Å². The summed E-state index contributed by atoms with van der Waals surface area (Å²) >= 11 is 0. The Labute approximate surface area is 138 Å². The van der Waals surface area contributed by atoms with Crippen molar-refractivity contribution >= 4 is 0 Å². The smallest absolute Gasteiger partial charge is 0.233 e. The largest absolute Gasteiger partial charge is 0.476 e. The number of piperidine rings is 1. The van der Waals surface area contributed by atoms with Crippen LogP contribution in [0.3, 0.4) is 0 Å². The highest BCUT2D eigenvalue weighted by atomic mass is 16.5.